The molecule has 2 N–H and O–H groups in total. The fraction of sp³-hybridized carbons (Fsp3) is 1.00. The standard InChI is InChI=1S/C8H18N2O.2ClH/c1-10(2)6-7-3-4-9-5-8(7)11;;/h7-9,11H,3-6H2,1-2H3;2*1H/t7-,8+;;/m1../s1. The molecule has 1 heterocycles. The fourth-order valence-electron chi connectivity index (χ4n) is 1.58. The van der Waals surface area contributed by atoms with Crippen LogP contribution in [0, 0.1) is 5.92 Å². The van der Waals surface area contributed by atoms with Gasteiger partial charge in [0, 0.05) is 13.1 Å². The lowest BCUT2D eigenvalue weighted by Gasteiger charge is -2.30. The smallest absolute Gasteiger partial charge is 0.0705 e. The molecule has 0 aromatic carbocycles. The Morgan fingerprint density at radius 1 is 1.38 bits per heavy atom. The lowest BCUT2D eigenvalue weighted by Crippen LogP contribution is -2.44. The van der Waals surface area contributed by atoms with Gasteiger partial charge >= 0.3 is 0 Å². The predicted octanol–water partition coefficient (Wildman–Crippen LogP) is 0.362. The Hall–Kier alpha value is 0.460. The average Bonchev–Trinajstić information content (AvgIpc) is 1.93. The molecule has 0 bridgehead atoms. The van der Waals surface area contributed by atoms with Crippen LogP contribution in [0.1, 0.15) is 6.42 Å². The summed E-state index contributed by atoms with van der Waals surface area (Å²) < 4.78 is 0. The van der Waals surface area contributed by atoms with Crippen molar-refractivity contribution in [3.8, 4) is 0 Å². The van der Waals surface area contributed by atoms with E-state index in [9.17, 15) is 5.11 Å². The van der Waals surface area contributed by atoms with Crippen LogP contribution in [0.25, 0.3) is 0 Å². The summed E-state index contributed by atoms with van der Waals surface area (Å²) in [4.78, 5) is 2.14. The highest BCUT2D eigenvalue weighted by molar-refractivity contribution is 5.85. The van der Waals surface area contributed by atoms with Crippen LogP contribution in [0.3, 0.4) is 0 Å². The second-order valence-corrected chi connectivity index (χ2v) is 3.58. The predicted molar refractivity (Wildman–Crippen MR) is 60.0 cm³/mol. The van der Waals surface area contributed by atoms with E-state index in [4.69, 9.17) is 0 Å². The highest BCUT2D eigenvalue weighted by atomic mass is 35.5. The van der Waals surface area contributed by atoms with Crippen molar-refractivity contribution >= 4 is 24.8 Å². The zero-order chi connectivity index (χ0) is 8.27. The van der Waals surface area contributed by atoms with E-state index in [0.717, 1.165) is 26.1 Å². The van der Waals surface area contributed by atoms with Gasteiger partial charge in [-0.2, -0.15) is 0 Å². The quantitative estimate of drug-likeness (QED) is 0.720. The highest BCUT2D eigenvalue weighted by Crippen LogP contribution is 2.12. The third-order valence-corrected chi connectivity index (χ3v) is 2.19. The van der Waals surface area contributed by atoms with Crippen molar-refractivity contribution in [1.82, 2.24) is 10.2 Å². The third kappa shape index (κ3) is 5.70. The molecule has 0 aromatic rings. The highest BCUT2D eigenvalue weighted by Gasteiger charge is 2.22. The molecule has 13 heavy (non-hydrogen) atoms. The summed E-state index contributed by atoms with van der Waals surface area (Å²) in [5.74, 6) is 0.464. The maximum Gasteiger partial charge on any atom is 0.0705 e. The molecule has 1 rings (SSSR count). The summed E-state index contributed by atoms with van der Waals surface area (Å²) in [5.41, 5.74) is 0. The van der Waals surface area contributed by atoms with Gasteiger partial charge in [-0.3, -0.25) is 0 Å². The molecule has 82 valence electrons. The van der Waals surface area contributed by atoms with Crippen LogP contribution in [0.2, 0.25) is 0 Å². The van der Waals surface area contributed by atoms with Gasteiger partial charge in [0.05, 0.1) is 6.10 Å². The molecule has 2 atom stereocenters. The Bertz CT molecular complexity index is 125. The summed E-state index contributed by atoms with van der Waals surface area (Å²) in [6, 6.07) is 0. The molecule has 1 fully saturated rings. The first-order valence-corrected chi connectivity index (χ1v) is 4.23. The van der Waals surface area contributed by atoms with E-state index < -0.39 is 0 Å². The third-order valence-electron chi connectivity index (χ3n) is 2.19. The van der Waals surface area contributed by atoms with Crippen LogP contribution in [-0.4, -0.2) is 49.8 Å². The average molecular weight is 231 g/mol. The number of nitrogens with zero attached hydrogens (tertiary/aromatic N) is 1. The second-order valence-electron chi connectivity index (χ2n) is 3.58. The zero-order valence-electron chi connectivity index (χ0n) is 8.19. The van der Waals surface area contributed by atoms with Crippen LogP contribution < -0.4 is 5.32 Å². The molecule has 0 spiro atoms. The Labute approximate surface area is 92.7 Å². The van der Waals surface area contributed by atoms with E-state index in [1.54, 1.807) is 0 Å². The molecular formula is C8H20Cl2N2O. The Kier molecular flexibility index (Phi) is 9.58. The van der Waals surface area contributed by atoms with E-state index in [-0.39, 0.29) is 30.9 Å². The van der Waals surface area contributed by atoms with Crippen molar-refractivity contribution in [1.29, 1.82) is 0 Å². The monoisotopic (exact) mass is 230 g/mol. The Balaban J connectivity index is 0. The lowest BCUT2D eigenvalue weighted by atomic mass is 9.95. The van der Waals surface area contributed by atoms with E-state index in [2.05, 4.69) is 24.3 Å². The van der Waals surface area contributed by atoms with Crippen molar-refractivity contribution in [2.45, 2.75) is 12.5 Å². The first-order valence-electron chi connectivity index (χ1n) is 4.23. The normalized spacial score (nSPS) is 27.7. The first kappa shape index (κ1) is 15.9. The number of aliphatic hydroxyl groups is 1. The number of rotatable bonds is 2. The van der Waals surface area contributed by atoms with Gasteiger partial charge in [0.25, 0.3) is 0 Å². The van der Waals surface area contributed by atoms with Crippen LogP contribution in [0.15, 0.2) is 0 Å². The minimum absolute atomic E-state index is 0. The molecule has 0 aromatic heterocycles. The number of piperidine rings is 1. The minimum atomic E-state index is -0.147. The van der Waals surface area contributed by atoms with Crippen molar-refractivity contribution in [3.05, 3.63) is 0 Å². The zero-order valence-corrected chi connectivity index (χ0v) is 9.83. The van der Waals surface area contributed by atoms with Crippen molar-refractivity contribution in [2.24, 2.45) is 5.92 Å². The largest absolute Gasteiger partial charge is 0.391 e. The molecule has 1 saturated heterocycles. The van der Waals surface area contributed by atoms with Gasteiger partial charge in [0.1, 0.15) is 0 Å². The maximum atomic E-state index is 9.53. The minimum Gasteiger partial charge on any atom is -0.391 e. The van der Waals surface area contributed by atoms with Crippen LogP contribution in [-0.2, 0) is 0 Å². The van der Waals surface area contributed by atoms with Gasteiger partial charge < -0.3 is 15.3 Å². The summed E-state index contributed by atoms with van der Waals surface area (Å²) in [6.45, 7) is 2.82. The first-order chi connectivity index (χ1) is 5.20. The number of halogens is 2. The summed E-state index contributed by atoms with van der Waals surface area (Å²) >= 11 is 0. The lowest BCUT2D eigenvalue weighted by molar-refractivity contribution is 0.0666. The van der Waals surface area contributed by atoms with Crippen molar-refractivity contribution < 1.29 is 5.11 Å². The van der Waals surface area contributed by atoms with Gasteiger partial charge in [0.15, 0.2) is 0 Å². The summed E-state index contributed by atoms with van der Waals surface area (Å²) in [7, 11) is 4.10. The molecule has 0 unspecified atom stereocenters. The molecular weight excluding hydrogens is 211 g/mol. The molecule has 1 aliphatic heterocycles. The molecule has 5 heteroatoms. The van der Waals surface area contributed by atoms with E-state index in [0.29, 0.717) is 5.92 Å². The van der Waals surface area contributed by atoms with Gasteiger partial charge in [0.2, 0.25) is 0 Å². The van der Waals surface area contributed by atoms with E-state index >= 15 is 0 Å². The van der Waals surface area contributed by atoms with Gasteiger partial charge in [-0.15, -0.1) is 24.8 Å². The molecule has 1 aliphatic rings. The van der Waals surface area contributed by atoms with Gasteiger partial charge in [-0.25, -0.2) is 0 Å². The SMILES string of the molecule is CN(C)C[C@H]1CCNC[C@@H]1O.Cl.Cl. The van der Waals surface area contributed by atoms with E-state index in [1.165, 1.54) is 0 Å². The molecule has 0 radical (unpaired) electrons. The van der Waals surface area contributed by atoms with E-state index in [1.807, 2.05) is 0 Å². The number of aliphatic hydroxyl groups excluding tert-OH is 1. The van der Waals surface area contributed by atoms with Crippen LogP contribution >= 0.6 is 24.8 Å². The van der Waals surface area contributed by atoms with Gasteiger partial charge in [-0.05, 0) is 33.0 Å². The second kappa shape index (κ2) is 7.83. The Morgan fingerprint density at radius 2 is 2.00 bits per heavy atom. The summed E-state index contributed by atoms with van der Waals surface area (Å²) in [5, 5.41) is 12.7. The van der Waals surface area contributed by atoms with Gasteiger partial charge in [-0.1, -0.05) is 0 Å². The Morgan fingerprint density at radius 3 is 2.46 bits per heavy atom. The number of β-amino-alcohol motifs (C(OH)–C–C–N with tert-alkyl or cyclic N) is 1. The number of nitrogens with one attached hydrogen (secondary N) is 1. The van der Waals surface area contributed by atoms with Crippen LogP contribution in [0.5, 0.6) is 0 Å². The molecule has 0 saturated carbocycles. The maximum absolute atomic E-state index is 9.53. The summed E-state index contributed by atoms with van der Waals surface area (Å²) in [6.07, 6.45) is 0.949. The van der Waals surface area contributed by atoms with Crippen LogP contribution in [0.4, 0.5) is 0 Å². The van der Waals surface area contributed by atoms with Crippen molar-refractivity contribution in [2.75, 3.05) is 33.7 Å². The molecule has 3 nitrogen and oxygen atoms in total. The fourth-order valence-corrected chi connectivity index (χ4v) is 1.58. The van der Waals surface area contributed by atoms with Crippen molar-refractivity contribution in [3.63, 3.8) is 0 Å². The topological polar surface area (TPSA) is 35.5 Å². The molecule has 0 amide bonds. The molecule has 0 aliphatic carbocycles. The number of hydrogen-bond donors (Lipinski definition) is 2. The number of hydrogen-bond acceptors (Lipinski definition) is 3.